The summed E-state index contributed by atoms with van der Waals surface area (Å²) in [4.78, 5) is 11.9. The highest BCUT2D eigenvalue weighted by Crippen LogP contribution is 2.18. The molecule has 0 bridgehead atoms. The van der Waals surface area contributed by atoms with E-state index in [1.807, 2.05) is 39.0 Å². The molecule has 0 aliphatic rings. The summed E-state index contributed by atoms with van der Waals surface area (Å²) in [5.41, 5.74) is 6.16. The molecule has 1 amide bonds. The lowest BCUT2D eigenvalue weighted by Gasteiger charge is -2.09. The number of carbonyl (C=O) groups excluding carboxylic acids is 1. The van der Waals surface area contributed by atoms with Crippen LogP contribution in [-0.4, -0.2) is 23.3 Å². The molecule has 2 aromatic rings. The molecule has 0 spiro atoms. The lowest BCUT2D eigenvalue weighted by atomic mass is 10.1. The number of carbonyl (C=O) groups is 1. The Balaban J connectivity index is 1.95. The fourth-order valence-electron chi connectivity index (χ4n) is 2.17. The molecule has 0 aliphatic carbocycles. The number of nitrogens with one attached hydrogen (secondary N) is 1. The summed E-state index contributed by atoms with van der Waals surface area (Å²) in [5, 5.41) is 13.5. The fraction of sp³-hybridized carbons (Fsp3) is 0.263. The van der Waals surface area contributed by atoms with E-state index in [-0.39, 0.29) is 18.3 Å². The quantitative estimate of drug-likeness (QED) is 0.632. The van der Waals surface area contributed by atoms with Gasteiger partial charge in [0, 0.05) is 0 Å². The van der Waals surface area contributed by atoms with Crippen molar-refractivity contribution in [3.05, 3.63) is 59.2 Å². The number of phenols is 1. The van der Waals surface area contributed by atoms with Crippen LogP contribution in [-0.2, 0) is 4.79 Å². The van der Waals surface area contributed by atoms with E-state index >= 15 is 0 Å². The van der Waals surface area contributed by atoms with Crippen LogP contribution in [0.5, 0.6) is 11.5 Å². The van der Waals surface area contributed by atoms with Gasteiger partial charge in [-0.2, -0.15) is 5.10 Å². The Labute approximate surface area is 142 Å². The van der Waals surface area contributed by atoms with Crippen LogP contribution < -0.4 is 10.2 Å². The molecule has 0 fully saturated rings. The number of benzene rings is 2. The van der Waals surface area contributed by atoms with E-state index in [9.17, 15) is 9.90 Å². The summed E-state index contributed by atoms with van der Waals surface area (Å²) < 4.78 is 5.55. The summed E-state index contributed by atoms with van der Waals surface area (Å²) in [6, 6.07) is 12.6. The summed E-state index contributed by atoms with van der Waals surface area (Å²) in [7, 11) is 0. The van der Waals surface area contributed by atoms with Crippen molar-refractivity contribution in [3.8, 4) is 11.5 Å². The molecular weight excluding hydrogens is 304 g/mol. The smallest absolute Gasteiger partial charge is 0.277 e. The average molecular weight is 326 g/mol. The number of aryl methyl sites for hydroxylation is 2. The zero-order chi connectivity index (χ0) is 17.5. The first-order valence-corrected chi connectivity index (χ1v) is 7.84. The van der Waals surface area contributed by atoms with E-state index in [1.165, 1.54) is 0 Å². The second-order valence-corrected chi connectivity index (χ2v) is 5.55. The second kappa shape index (κ2) is 8.15. The van der Waals surface area contributed by atoms with Gasteiger partial charge < -0.3 is 9.84 Å². The Morgan fingerprint density at radius 1 is 1.17 bits per heavy atom. The Kier molecular flexibility index (Phi) is 5.95. The summed E-state index contributed by atoms with van der Waals surface area (Å²) in [5.74, 6) is 0.573. The lowest BCUT2D eigenvalue weighted by molar-refractivity contribution is -0.123. The monoisotopic (exact) mass is 326 g/mol. The number of phenolic OH excluding ortho intramolecular Hbond substituents is 1. The van der Waals surface area contributed by atoms with E-state index in [0.717, 1.165) is 22.4 Å². The summed E-state index contributed by atoms with van der Waals surface area (Å²) >= 11 is 0. The van der Waals surface area contributed by atoms with Crippen molar-refractivity contribution in [3.63, 3.8) is 0 Å². The zero-order valence-corrected chi connectivity index (χ0v) is 14.2. The molecule has 126 valence electrons. The summed E-state index contributed by atoms with van der Waals surface area (Å²) in [6.45, 7) is 5.76. The van der Waals surface area contributed by atoms with E-state index in [1.54, 1.807) is 24.3 Å². The van der Waals surface area contributed by atoms with E-state index in [2.05, 4.69) is 10.5 Å². The molecule has 2 N–H and O–H groups in total. The Morgan fingerprint density at radius 2 is 1.88 bits per heavy atom. The standard InChI is InChI=1S/C19H22N2O3/c1-4-17(15-7-9-16(22)10-8-15)20-21-19(23)12-24-18-11-13(2)5-6-14(18)3/h5-11,22H,4,12H2,1-3H3,(H,21,23)/b20-17+. The number of nitrogens with zero attached hydrogens (tertiary/aromatic N) is 1. The van der Waals surface area contributed by atoms with Crippen molar-refractivity contribution in [2.45, 2.75) is 27.2 Å². The van der Waals surface area contributed by atoms with Crippen LogP contribution in [0.3, 0.4) is 0 Å². The van der Waals surface area contributed by atoms with E-state index < -0.39 is 0 Å². The maximum absolute atomic E-state index is 11.9. The number of amides is 1. The largest absolute Gasteiger partial charge is 0.508 e. The highest BCUT2D eigenvalue weighted by molar-refractivity contribution is 6.01. The minimum absolute atomic E-state index is 0.0969. The third kappa shape index (κ3) is 4.84. The van der Waals surface area contributed by atoms with Gasteiger partial charge >= 0.3 is 0 Å². The van der Waals surface area contributed by atoms with Crippen molar-refractivity contribution < 1.29 is 14.6 Å². The van der Waals surface area contributed by atoms with Crippen LogP contribution in [0.25, 0.3) is 0 Å². The summed E-state index contributed by atoms with van der Waals surface area (Å²) in [6.07, 6.45) is 0.656. The minimum Gasteiger partial charge on any atom is -0.508 e. The number of hydrogen-bond donors (Lipinski definition) is 2. The maximum Gasteiger partial charge on any atom is 0.277 e. The molecule has 0 radical (unpaired) electrons. The van der Waals surface area contributed by atoms with Crippen LogP contribution in [0.15, 0.2) is 47.6 Å². The molecule has 0 heterocycles. The Morgan fingerprint density at radius 3 is 2.54 bits per heavy atom. The van der Waals surface area contributed by atoms with E-state index in [0.29, 0.717) is 12.2 Å². The highest BCUT2D eigenvalue weighted by atomic mass is 16.5. The molecule has 2 rings (SSSR count). The van der Waals surface area contributed by atoms with Crippen LogP contribution in [0, 0.1) is 13.8 Å². The number of aromatic hydroxyl groups is 1. The SMILES string of the molecule is CC/C(=N\NC(=O)COc1cc(C)ccc1C)c1ccc(O)cc1. The van der Waals surface area contributed by atoms with Crippen LogP contribution in [0.4, 0.5) is 0 Å². The van der Waals surface area contributed by atoms with Crippen molar-refractivity contribution >= 4 is 11.6 Å². The third-order valence-corrected chi connectivity index (χ3v) is 3.55. The molecule has 24 heavy (non-hydrogen) atoms. The number of rotatable bonds is 6. The zero-order valence-electron chi connectivity index (χ0n) is 14.2. The molecule has 0 aliphatic heterocycles. The Bertz CT molecular complexity index is 737. The van der Waals surface area contributed by atoms with Gasteiger partial charge in [-0.05, 0) is 67.3 Å². The predicted octanol–water partition coefficient (Wildman–Crippen LogP) is 3.32. The number of hydrogen-bond acceptors (Lipinski definition) is 4. The van der Waals surface area contributed by atoms with Crippen LogP contribution >= 0.6 is 0 Å². The molecule has 5 nitrogen and oxygen atoms in total. The van der Waals surface area contributed by atoms with E-state index in [4.69, 9.17) is 4.74 Å². The van der Waals surface area contributed by atoms with Gasteiger partial charge in [0.2, 0.25) is 0 Å². The molecule has 2 aromatic carbocycles. The van der Waals surface area contributed by atoms with Crippen LogP contribution in [0.1, 0.15) is 30.0 Å². The van der Waals surface area contributed by atoms with Crippen molar-refractivity contribution in [2.75, 3.05) is 6.61 Å². The van der Waals surface area contributed by atoms with Gasteiger partial charge in [-0.15, -0.1) is 0 Å². The van der Waals surface area contributed by atoms with Crippen molar-refractivity contribution in [2.24, 2.45) is 5.10 Å². The highest BCUT2D eigenvalue weighted by Gasteiger charge is 2.06. The number of ether oxygens (including phenoxy) is 1. The van der Waals surface area contributed by atoms with Gasteiger partial charge in [0.05, 0.1) is 5.71 Å². The molecule has 0 saturated heterocycles. The molecular formula is C19H22N2O3. The lowest BCUT2D eigenvalue weighted by Crippen LogP contribution is -2.26. The normalized spacial score (nSPS) is 11.2. The third-order valence-electron chi connectivity index (χ3n) is 3.55. The second-order valence-electron chi connectivity index (χ2n) is 5.55. The topological polar surface area (TPSA) is 70.9 Å². The molecule has 0 aromatic heterocycles. The van der Waals surface area contributed by atoms with Crippen LogP contribution in [0.2, 0.25) is 0 Å². The minimum atomic E-state index is -0.319. The van der Waals surface area contributed by atoms with Gasteiger partial charge in [0.1, 0.15) is 11.5 Å². The average Bonchev–Trinajstić information content (AvgIpc) is 2.57. The van der Waals surface area contributed by atoms with Gasteiger partial charge in [0.25, 0.3) is 5.91 Å². The van der Waals surface area contributed by atoms with Crippen molar-refractivity contribution in [1.29, 1.82) is 0 Å². The first-order valence-electron chi connectivity index (χ1n) is 7.84. The van der Waals surface area contributed by atoms with Gasteiger partial charge in [-0.3, -0.25) is 4.79 Å². The Hall–Kier alpha value is -2.82. The first-order chi connectivity index (χ1) is 11.5. The maximum atomic E-state index is 11.9. The van der Waals surface area contributed by atoms with Gasteiger partial charge in [0.15, 0.2) is 6.61 Å². The van der Waals surface area contributed by atoms with Gasteiger partial charge in [-0.25, -0.2) is 5.43 Å². The van der Waals surface area contributed by atoms with Crippen molar-refractivity contribution in [1.82, 2.24) is 5.43 Å². The fourth-order valence-corrected chi connectivity index (χ4v) is 2.17. The number of hydrazone groups is 1. The molecule has 5 heteroatoms. The molecule has 0 atom stereocenters. The first kappa shape index (κ1) is 17.5. The molecule has 0 unspecified atom stereocenters. The molecule has 0 saturated carbocycles. The predicted molar refractivity (Wildman–Crippen MR) is 94.5 cm³/mol. The van der Waals surface area contributed by atoms with Gasteiger partial charge in [-0.1, -0.05) is 19.1 Å².